The first kappa shape index (κ1) is 21.6. The third-order valence-electron chi connectivity index (χ3n) is 5.23. The Hall–Kier alpha value is -3.06. The highest BCUT2D eigenvalue weighted by Crippen LogP contribution is 2.25. The van der Waals surface area contributed by atoms with E-state index in [-0.39, 0.29) is 12.5 Å². The molecular formula is C23H30N3O4+. The lowest BCUT2D eigenvalue weighted by atomic mass is 10.1. The molecule has 1 heterocycles. The fourth-order valence-electron chi connectivity index (χ4n) is 3.59. The van der Waals surface area contributed by atoms with Crippen LogP contribution in [-0.4, -0.2) is 45.5 Å². The van der Waals surface area contributed by atoms with Crippen molar-refractivity contribution in [1.82, 2.24) is 5.43 Å². The second-order valence-electron chi connectivity index (χ2n) is 7.33. The Kier molecular flexibility index (Phi) is 7.68. The van der Waals surface area contributed by atoms with E-state index in [2.05, 4.69) is 16.6 Å². The first-order chi connectivity index (χ1) is 14.6. The number of likely N-dealkylation sites (tertiary alicyclic amines) is 1. The highest BCUT2D eigenvalue weighted by Gasteiger charge is 2.18. The van der Waals surface area contributed by atoms with E-state index in [1.54, 1.807) is 31.3 Å². The molecule has 1 saturated heterocycles. The van der Waals surface area contributed by atoms with Crippen LogP contribution in [0, 0.1) is 0 Å². The number of hydrogen-bond acceptors (Lipinski definition) is 5. The quantitative estimate of drug-likeness (QED) is 0.487. The molecule has 30 heavy (non-hydrogen) atoms. The fraction of sp³-hybridized carbons (Fsp3) is 0.391. The summed E-state index contributed by atoms with van der Waals surface area (Å²) in [5, 5.41) is 4.24. The second-order valence-corrected chi connectivity index (χ2v) is 7.33. The molecule has 2 aromatic rings. The number of carbonyl (C=O) groups excluding carboxylic acids is 1. The number of ether oxygens (including phenoxy) is 3. The van der Waals surface area contributed by atoms with Crippen molar-refractivity contribution in [2.24, 2.45) is 5.10 Å². The van der Waals surface area contributed by atoms with E-state index in [9.17, 15) is 4.79 Å². The summed E-state index contributed by atoms with van der Waals surface area (Å²) in [6, 6.07) is 13.2. The molecule has 2 aromatic carbocycles. The van der Waals surface area contributed by atoms with Crippen LogP contribution in [0.5, 0.6) is 17.2 Å². The molecule has 0 unspecified atom stereocenters. The predicted octanol–water partition coefficient (Wildman–Crippen LogP) is 1.80. The summed E-state index contributed by atoms with van der Waals surface area (Å²) >= 11 is 0. The molecule has 7 heteroatoms. The Bertz CT molecular complexity index is 892. The van der Waals surface area contributed by atoms with E-state index >= 15 is 0 Å². The molecule has 2 N–H and O–H groups in total. The first-order valence-corrected chi connectivity index (χ1v) is 10.2. The topological polar surface area (TPSA) is 73.6 Å². The molecule has 0 radical (unpaired) electrons. The summed E-state index contributed by atoms with van der Waals surface area (Å²) in [4.78, 5) is 13.7. The number of amides is 1. The monoisotopic (exact) mass is 412 g/mol. The van der Waals surface area contributed by atoms with Crippen molar-refractivity contribution >= 4 is 11.6 Å². The number of rotatable bonds is 9. The molecule has 160 valence electrons. The maximum Gasteiger partial charge on any atom is 0.277 e. The van der Waals surface area contributed by atoms with Gasteiger partial charge in [-0.2, -0.15) is 5.10 Å². The molecular weight excluding hydrogens is 382 g/mol. The summed E-state index contributed by atoms with van der Waals surface area (Å²) in [6.45, 7) is 5.05. The highest BCUT2D eigenvalue weighted by molar-refractivity contribution is 5.99. The summed E-state index contributed by atoms with van der Waals surface area (Å²) in [5.74, 6) is 1.65. The SMILES string of the molecule is COc1ccc(/C(C)=N\NC(=O)COc2ccccc2OC)cc1C[NH+]1CCCC1. The van der Waals surface area contributed by atoms with Gasteiger partial charge in [0.25, 0.3) is 5.91 Å². The molecule has 0 aromatic heterocycles. The van der Waals surface area contributed by atoms with Crippen LogP contribution in [0.4, 0.5) is 0 Å². The number of hydrazone groups is 1. The Morgan fingerprint density at radius 1 is 1.03 bits per heavy atom. The van der Waals surface area contributed by atoms with Crippen LogP contribution in [0.1, 0.15) is 30.9 Å². The van der Waals surface area contributed by atoms with E-state index in [0.717, 1.165) is 29.1 Å². The van der Waals surface area contributed by atoms with Gasteiger partial charge in [-0.25, -0.2) is 5.43 Å². The van der Waals surface area contributed by atoms with Gasteiger partial charge in [-0.3, -0.25) is 4.79 Å². The molecule has 0 aliphatic carbocycles. The van der Waals surface area contributed by atoms with Gasteiger partial charge in [-0.15, -0.1) is 0 Å². The molecule has 0 spiro atoms. The van der Waals surface area contributed by atoms with Gasteiger partial charge < -0.3 is 19.1 Å². The Morgan fingerprint density at radius 3 is 2.43 bits per heavy atom. The number of carbonyl (C=O) groups is 1. The largest absolute Gasteiger partial charge is 0.496 e. The summed E-state index contributed by atoms with van der Waals surface area (Å²) < 4.78 is 16.3. The van der Waals surface area contributed by atoms with Crippen LogP contribution in [-0.2, 0) is 11.3 Å². The van der Waals surface area contributed by atoms with E-state index in [0.29, 0.717) is 11.5 Å². The lowest BCUT2D eigenvalue weighted by molar-refractivity contribution is -0.901. The van der Waals surface area contributed by atoms with E-state index in [4.69, 9.17) is 14.2 Å². The van der Waals surface area contributed by atoms with Gasteiger partial charge in [0.15, 0.2) is 18.1 Å². The van der Waals surface area contributed by atoms with Gasteiger partial charge in [0.05, 0.1) is 33.0 Å². The maximum absolute atomic E-state index is 12.1. The minimum atomic E-state index is -0.337. The zero-order valence-corrected chi connectivity index (χ0v) is 17.9. The Balaban J connectivity index is 1.60. The van der Waals surface area contributed by atoms with Gasteiger partial charge in [0, 0.05) is 18.4 Å². The van der Waals surface area contributed by atoms with E-state index < -0.39 is 0 Å². The molecule has 3 rings (SSSR count). The zero-order chi connectivity index (χ0) is 21.3. The summed E-state index contributed by atoms with van der Waals surface area (Å²) in [5.41, 5.74) is 5.39. The van der Waals surface area contributed by atoms with Gasteiger partial charge in [-0.1, -0.05) is 12.1 Å². The molecule has 0 bridgehead atoms. The number of para-hydroxylation sites is 2. The van der Waals surface area contributed by atoms with Crippen molar-refractivity contribution in [2.45, 2.75) is 26.3 Å². The van der Waals surface area contributed by atoms with Crippen molar-refractivity contribution in [2.75, 3.05) is 33.9 Å². The lowest BCUT2D eigenvalue weighted by Gasteiger charge is -2.15. The molecule has 1 amide bonds. The standard InChI is InChI=1S/C23H29N3O4/c1-17(24-25-23(27)16-30-22-9-5-4-8-21(22)29-3)18-10-11-20(28-2)19(14-18)15-26-12-6-7-13-26/h4-5,8-11,14H,6-7,12-13,15-16H2,1-3H3,(H,25,27)/p+1/b24-17-. The van der Waals surface area contributed by atoms with Crippen molar-refractivity contribution in [1.29, 1.82) is 0 Å². The smallest absolute Gasteiger partial charge is 0.277 e. The van der Waals surface area contributed by atoms with Gasteiger partial charge in [0.2, 0.25) is 0 Å². The van der Waals surface area contributed by atoms with Gasteiger partial charge in [0.1, 0.15) is 12.3 Å². The average Bonchev–Trinajstić information content (AvgIpc) is 3.29. The highest BCUT2D eigenvalue weighted by atomic mass is 16.5. The second kappa shape index (κ2) is 10.6. The summed E-state index contributed by atoms with van der Waals surface area (Å²) in [7, 11) is 3.25. The maximum atomic E-state index is 12.1. The average molecular weight is 413 g/mol. The third kappa shape index (κ3) is 5.73. The normalized spacial score (nSPS) is 14.4. The fourth-order valence-corrected chi connectivity index (χ4v) is 3.59. The molecule has 1 aliphatic heterocycles. The van der Waals surface area contributed by atoms with E-state index in [1.807, 2.05) is 31.2 Å². The number of quaternary nitrogens is 1. The van der Waals surface area contributed by atoms with Gasteiger partial charge in [-0.05, 0) is 42.8 Å². The number of methoxy groups -OCH3 is 2. The Morgan fingerprint density at radius 2 is 1.73 bits per heavy atom. The minimum Gasteiger partial charge on any atom is -0.496 e. The van der Waals surface area contributed by atoms with Crippen molar-refractivity contribution in [3.63, 3.8) is 0 Å². The van der Waals surface area contributed by atoms with Crippen LogP contribution in [0.15, 0.2) is 47.6 Å². The minimum absolute atomic E-state index is 0.149. The molecule has 0 atom stereocenters. The van der Waals surface area contributed by atoms with Crippen molar-refractivity contribution < 1.29 is 23.9 Å². The molecule has 1 aliphatic rings. The van der Waals surface area contributed by atoms with Crippen LogP contribution < -0.4 is 24.5 Å². The number of nitrogens with zero attached hydrogens (tertiary/aromatic N) is 1. The summed E-state index contributed by atoms with van der Waals surface area (Å²) in [6.07, 6.45) is 2.56. The molecule has 7 nitrogen and oxygen atoms in total. The number of benzene rings is 2. The first-order valence-electron chi connectivity index (χ1n) is 10.2. The van der Waals surface area contributed by atoms with Gasteiger partial charge >= 0.3 is 0 Å². The molecule has 1 fully saturated rings. The number of nitrogens with one attached hydrogen (secondary N) is 2. The molecule has 0 saturated carbocycles. The van der Waals surface area contributed by atoms with Crippen LogP contribution >= 0.6 is 0 Å². The third-order valence-corrected chi connectivity index (χ3v) is 5.23. The van der Waals surface area contributed by atoms with Crippen molar-refractivity contribution in [3.05, 3.63) is 53.6 Å². The van der Waals surface area contributed by atoms with E-state index in [1.165, 1.54) is 25.9 Å². The zero-order valence-electron chi connectivity index (χ0n) is 17.9. The van der Waals surface area contributed by atoms with Crippen LogP contribution in [0.2, 0.25) is 0 Å². The predicted molar refractivity (Wildman–Crippen MR) is 115 cm³/mol. The number of hydrogen-bond donors (Lipinski definition) is 2. The van der Waals surface area contributed by atoms with Crippen LogP contribution in [0.25, 0.3) is 0 Å². The van der Waals surface area contributed by atoms with Crippen LogP contribution in [0.3, 0.4) is 0 Å². The van der Waals surface area contributed by atoms with Crippen molar-refractivity contribution in [3.8, 4) is 17.2 Å². The Labute approximate surface area is 177 Å². The lowest BCUT2D eigenvalue weighted by Crippen LogP contribution is -3.08.